The summed E-state index contributed by atoms with van der Waals surface area (Å²) in [6.45, 7) is 0.456. The summed E-state index contributed by atoms with van der Waals surface area (Å²) in [4.78, 5) is 11.8. The number of amides is 1. The number of carbonyl (C=O) groups is 1. The van der Waals surface area contributed by atoms with Crippen molar-refractivity contribution in [3.63, 3.8) is 0 Å². The van der Waals surface area contributed by atoms with Crippen molar-refractivity contribution in [1.29, 1.82) is 5.26 Å². The first kappa shape index (κ1) is 15.6. The van der Waals surface area contributed by atoms with Crippen molar-refractivity contribution in [3.05, 3.63) is 40.0 Å². The standard InChI is InChI=1S/C12H10Cl3N3O/c13-3-4-17-7-8(6-16)12(19)18-11-5-9(14)1-2-10(11)15/h1-2,5,7,17H,3-4H2,(H,18,19)/b8-7-. The summed E-state index contributed by atoms with van der Waals surface area (Å²) in [7, 11) is 0. The minimum atomic E-state index is -0.575. The van der Waals surface area contributed by atoms with E-state index in [9.17, 15) is 4.79 Å². The Labute approximate surface area is 125 Å². The molecule has 0 fully saturated rings. The van der Waals surface area contributed by atoms with E-state index in [-0.39, 0.29) is 5.57 Å². The zero-order valence-corrected chi connectivity index (χ0v) is 12.0. The Hall–Kier alpha value is -1.41. The molecule has 0 radical (unpaired) electrons. The molecule has 0 atom stereocenters. The van der Waals surface area contributed by atoms with Gasteiger partial charge in [0.05, 0.1) is 10.7 Å². The number of halogens is 3. The second-order valence-electron chi connectivity index (χ2n) is 3.39. The molecule has 0 spiro atoms. The average Bonchev–Trinajstić information content (AvgIpc) is 2.39. The van der Waals surface area contributed by atoms with Crippen LogP contribution in [-0.2, 0) is 4.79 Å². The molecule has 0 unspecified atom stereocenters. The van der Waals surface area contributed by atoms with Gasteiger partial charge in [-0.05, 0) is 18.2 Å². The molecule has 0 bridgehead atoms. The van der Waals surface area contributed by atoms with Crippen molar-refractivity contribution < 1.29 is 4.79 Å². The number of carbonyl (C=O) groups excluding carboxylic acids is 1. The lowest BCUT2D eigenvalue weighted by Gasteiger charge is -2.07. The molecule has 0 aliphatic heterocycles. The summed E-state index contributed by atoms with van der Waals surface area (Å²) in [6.07, 6.45) is 1.30. The number of nitrogens with one attached hydrogen (secondary N) is 2. The molecule has 0 saturated carbocycles. The third-order valence-electron chi connectivity index (χ3n) is 2.03. The van der Waals surface area contributed by atoms with Crippen LogP contribution in [0.5, 0.6) is 0 Å². The summed E-state index contributed by atoms with van der Waals surface area (Å²) >= 11 is 17.2. The van der Waals surface area contributed by atoms with E-state index in [1.807, 2.05) is 0 Å². The Kier molecular flexibility index (Phi) is 6.51. The Morgan fingerprint density at radius 1 is 1.42 bits per heavy atom. The van der Waals surface area contributed by atoms with E-state index in [4.69, 9.17) is 40.1 Å². The Morgan fingerprint density at radius 3 is 2.79 bits per heavy atom. The monoisotopic (exact) mass is 317 g/mol. The van der Waals surface area contributed by atoms with Crippen molar-refractivity contribution >= 4 is 46.4 Å². The van der Waals surface area contributed by atoms with E-state index >= 15 is 0 Å². The molecule has 1 amide bonds. The number of nitrogens with zero attached hydrogens (tertiary/aromatic N) is 1. The SMILES string of the molecule is N#C/C(=C/NCCCl)C(=O)Nc1cc(Cl)ccc1Cl. The van der Waals surface area contributed by atoms with Crippen LogP contribution in [0.3, 0.4) is 0 Å². The van der Waals surface area contributed by atoms with Crippen LogP contribution in [0.2, 0.25) is 10.0 Å². The van der Waals surface area contributed by atoms with Crippen molar-refractivity contribution in [2.45, 2.75) is 0 Å². The van der Waals surface area contributed by atoms with E-state index in [0.29, 0.717) is 28.2 Å². The van der Waals surface area contributed by atoms with Crippen molar-refractivity contribution in [3.8, 4) is 6.07 Å². The minimum Gasteiger partial charge on any atom is -0.388 e. The van der Waals surface area contributed by atoms with Crippen LogP contribution in [-0.4, -0.2) is 18.3 Å². The molecule has 0 saturated heterocycles. The van der Waals surface area contributed by atoms with Crippen molar-refractivity contribution in [2.24, 2.45) is 0 Å². The van der Waals surface area contributed by atoms with Crippen LogP contribution in [0, 0.1) is 11.3 Å². The van der Waals surface area contributed by atoms with Gasteiger partial charge in [-0.15, -0.1) is 11.6 Å². The van der Waals surface area contributed by atoms with Gasteiger partial charge in [0.15, 0.2) is 0 Å². The number of hydrogen-bond acceptors (Lipinski definition) is 3. The van der Waals surface area contributed by atoms with Gasteiger partial charge in [0.1, 0.15) is 11.6 Å². The molecule has 0 aliphatic carbocycles. The second-order valence-corrected chi connectivity index (χ2v) is 4.61. The maximum Gasteiger partial charge on any atom is 0.267 e. The molecule has 2 N–H and O–H groups in total. The number of alkyl halides is 1. The second kappa shape index (κ2) is 7.90. The molecule has 0 aromatic heterocycles. The lowest BCUT2D eigenvalue weighted by molar-refractivity contribution is -0.112. The number of benzene rings is 1. The maximum absolute atomic E-state index is 11.8. The quantitative estimate of drug-likeness (QED) is 0.379. The first-order valence-electron chi connectivity index (χ1n) is 5.24. The highest BCUT2D eigenvalue weighted by Crippen LogP contribution is 2.25. The van der Waals surface area contributed by atoms with E-state index in [2.05, 4.69) is 10.6 Å². The molecule has 4 nitrogen and oxygen atoms in total. The van der Waals surface area contributed by atoms with E-state index in [1.165, 1.54) is 12.3 Å². The summed E-state index contributed by atoms with van der Waals surface area (Å²) in [6, 6.07) is 6.44. The van der Waals surface area contributed by atoms with Gasteiger partial charge >= 0.3 is 0 Å². The lowest BCUT2D eigenvalue weighted by atomic mass is 10.2. The van der Waals surface area contributed by atoms with E-state index in [0.717, 1.165) is 0 Å². The van der Waals surface area contributed by atoms with Gasteiger partial charge in [-0.3, -0.25) is 4.79 Å². The van der Waals surface area contributed by atoms with Crippen LogP contribution in [0.15, 0.2) is 30.0 Å². The first-order valence-corrected chi connectivity index (χ1v) is 6.53. The normalized spacial score (nSPS) is 10.7. The predicted molar refractivity (Wildman–Crippen MR) is 77.5 cm³/mol. The summed E-state index contributed by atoms with van der Waals surface area (Å²) in [5.41, 5.74) is 0.263. The summed E-state index contributed by atoms with van der Waals surface area (Å²) in [5.74, 6) is -0.203. The minimum absolute atomic E-state index is 0.0823. The fraction of sp³-hybridized carbons (Fsp3) is 0.167. The molecule has 1 rings (SSSR count). The van der Waals surface area contributed by atoms with Crippen LogP contribution < -0.4 is 10.6 Å². The van der Waals surface area contributed by atoms with Crippen LogP contribution in [0.25, 0.3) is 0 Å². The molecular weight excluding hydrogens is 309 g/mol. The molecule has 7 heteroatoms. The summed E-state index contributed by atoms with van der Waals surface area (Å²) < 4.78 is 0. The van der Waals surface area contributed by atoms with Gasteiger partial charge < -0.3 is 10.6 Å². The zero-order valence-electron chi connectivity index (χ0n) is 9.71. The third kappa shape index (κ3) is 4.99. The van der Waals surface area contributed by atoms with Crippen LogP contribution >= 0.6 is 34.8 Å². The summed E-state index contributed by atoms with van der Waals surface area (Å²) in [5, 5.41) is 14.9. The van der Waals surface area contributed by atoms with Gasteiger partial charge in [0.2, 0.25) is 0 Å². The molecule has 19 heavy (non-hydrogen) atoms. The van der Waals surface area contributed by atoms with Crippen molar-refractivity contribution in [2.75, 3.05) is 17.7 Å². The molecule has 100 valence electrons. The highest BCUT2D eigenvalue weighted by Gasteiger charge is 2.11. The Morgan fingerprint density at radius 2 is 2.16 bits per heavy atom. The number of hydrogen-bond donors (Lipinski definition) is 2. The molecule has 1 aromatic rings. The van der Waals surface area contributed by atoms with Gasteiger partial charge in [-0.2, -0.15) is 5.26 Å². The third-order valence-corrected chi connectivity index (χ3v) is 2.78. The average molecular weight is 319 g/mol. The molecule has 1 aromatic carbocycles. The number of rotatable bonds is 5. The zero-order chi connectivity index (χ0) is 14.3. The first-order chi connectivity index (χ1) is 9.08. The predicted octanol–water partition coefficient (Wildman–Crippen LogP) is 3.17. The number of nitriles is 1. The molecule has 0 heterocycles. The highest BCUT2D eigenvalue weighted by atomic mass is 35.5. The smallest absolute Gasteiger partial charge is 0.267 e. The van der Waals surface area contributed by atoms with Gasteiger partial charge in [-0.1, -0.05) is 23.2 Å². The van der Waals surface area contributed by atoms with E-state index in [1.54, 1.807) is 18.2 Å². The molecule has 0 aliphatic rings. The van der Waals surface area contributed by atoms with Gasteiger partial charge in [0.25, 0.3) is 5.91 Å². The number of anilines is 1. The molecular formula is C12H10Cl3N3O. The van der Waals surface area contributed by atoms with Crippen LogP contribution in [0.4, 0.5) is 5.69 Å². The van der Waals surface area contributed by atoms with Gasteiger partial charge in [-0.25, -0.2) is 0 Å². The van der Waals surface area contributed by atoms with E-state index < -0.39 is 5.91 Å². The van der Waals surface area contributed by atoms with Gasteiger partial charge in [0, 0.05) is 23.6 Å². The largest absolute Gasteiger partial charge is 0.388 e. The Balaban J connectivity index is 2.80. The maximum atomic E-state index is 11.8. The lowest BCUT2D eigenvalue weighted by Crippen LogP contribution is -2.17. The topological polar surface area (TPSA) is 64.9 Å². The van der Waals surface area contributed by atoms with Crippen molar-refractivity contribution in [1.82, 2.24) is 5.32 Å². The fourth-order valence-corrected chi connectivity index (χ4v) is 1.61. The Bertz CT molecular complexity index is 538. The highest BCUT2D eigenvalue weighted by molar-refractivity contribution is 6.35. The fourth-order valence-electron chi connectivity index (χ4n) is 1.16. The van der Waals surface area contributed by atoms with Crippen LogP contribution in [0.1, 0.15) is 0 Å².